The third kappa shape index (κ3) is 4.63. The van der Waals surface area contributed by atoms with Gasteiger partial charge in [-0.25, -0.2) is 4.98 Å². The van der Waals surface area contributed by atoms with Gasteiger partial charge in [-0.2, -0.15) is 18.2 Å². The van der Waals surface area contributed by atoms with E-state index in [0.717, 1.165) is 36.3 Å². The van der Waals surface area contributed by atoms with E-state index in [1.807, 2.05) is 13.8 Å². The van der Waals surface area contributed by atoms with Gasteiger partial charge in [0.25, 0.3) is 5.91 Å². The first-order chi connectivity index (χ1) is 14.6. The van der Waals surface area contributed by atoms with E-state index in [0.29, 0.717) is 38.8 Å². The first-order valence-corrected chi connectivity index (χ1v) is 10.7. The van der Waals surface area contributed by atoms with Crippen LogP contribution in [0.25, 0.3) is 10.6 Å². The minimum atomic E-state index is -4.40. The van der Waals surface area contributed by atoms with Gasteiger partial charge in [-0.1, -0.05) is 31.1 Å². The number of thiazole rings is 1. The van der Waals surface area contributed by atoms with E-state index < -0.39 is 17.8 Å². The monoisotopic (exact) mass is 450 g/mol. The van der Waals surface area contributed by atoms with Crippen LogP contribution >= 0.6 is 11.3 Å². The number of amides is 1. The fraction of sp³-hybridized carbons (Fsp3) is 0.429. The molecule has 164 valence electrons. The standard InChI is InChI=1S/C21H21F3N4O2S/c1-10(2)15(19-27-17(28-30-19)12-4-5-12)26-18(29)16-11(3)25-20(31-16)13-6-8-14(9-7-13)21(22,23)24/h6-10,12,15H,4-5H2,1-3H3,(H,26,29). The van der Waals surface area contributed by atoms with Crippen molar-refractivity contribution < 1.29 is 22.5 Å². The summed E-state index contributed by atoms with van der Waals surface area (Å²) in [6, 6.07) is 4.28. The third-order valence-corrected chi connectivity index (χ3v) is 6.29. The molecule has 3 aromatic rings. The van der Waals surface area contributed by atoms with Gasteiger partial charge in [0, 0.05) is 11.5 Å². The fourth-order valence-electron chi connectivity index (χ4n) is 3.13. The van der Waals surface area contributed by atoms with E-state index in [4.69, 9.17) is 4.52 Å². The maximum atomic E-state index is 13.0. The highest BCUT2D eigenvalue weighted by Gasteiger charge is 2.33. The van der Waals surface area contributed by atoms with E-state index in [2.05, 4.69) is 20.4 Å². The summed E-state index contributed by atoms with van der Waals surface area (Å²) in [5.41, 5.74) is 0.294. The first kappa shape index (κ1) is 21.5. The van der Waals surface area contributed by atoms with Crippen molar-refractivity contribution in [1.82, 2.24) is 20.4 Å². The van der Waals surface area contributed by atoms with Crippen LogP contribution in [0.1, 0.15) is 71.3 Å². The molecule has 1 atom stereocenters. The second-order valence-electron chi connectivity index (χ2n) is 7.97. The summed E-state index contributed by atoms with van der Waals surface area (Å²) >= 11 is 1.13. The fourth-order valence-corrected chi connectivity index (χ4v) is 4.11. The molecule has 0 saturated heterocycles. The van der Waals surface area contributed by atoms with Crippen LogP contribution in [0.5, 0.6) is 0 Å². The van der Waals surface area contributed by atoms with Crippen LogP contribution < -0.4 is 5.32 Å². The molecule has 1 saturated carbocycles. The van der Waals surface area contributed by atoms with E-state index >= 15 is 0 Å². The number of hydrogen-bond acceptors (Lipinski definition) is 6. The molecule has 6 nitrogen and oxygen atoms in total. The van der Waals surface area contributed by atoms with Gasteiger partial charge < -0.3 is 9.84 Å². The van der Waals surface area contributed by atoms with Crippen LogP contribution in [0.15, 0.2) is 28.8 Å². The number of rotatable bonds is 6. The highest BCUT2D eigenvalue weighted by molar-refractivity contribution is 7.17. The Balaban J connectivity index is 1.53. The summed E-state index contributed by atoms with van der Waals surface area (Å²) in [6.07, 6.45) is -2.31. The topological polar surface area (TPSA) is 80.9 Å². The van der Waals surface area contributed by atoms with E-state index in [-0.39, 0.29) is 11.8 Å². The van der Waals surface area contributed by atoms with Gasteiger partial charge in [0.15, 0.2) is 5.82 Å². The van der Waals surface area contributed by atoms with Gasteiger partial charge in [-0.05, 0) is 37.8 Å². The zero-order valence-corrected chi connectivity index (χ0v) is 18.0. The highest BCUT2D eigenvalue weighted by Crippen LogP contribution is 2.39. The SMILES string of the molecule is Cc1nc(-c2ccc(C(F)(F)F)cc2)sc1C(=O)NC(c1nc(C2CC2)no1)C(C)C. The molecule has 0 bridgehead atoms. The molecule has 10 heteroatoms. The lowest BCUT2D eigenvalue weighted by Gasteiger charge is -2.18. The molecule has 31 heavy (non-hydrogen) atoms. The highest BCUT2D eigenvalue weighted by atomic mass is 32.1. The molecule has 0 radical (unpaired) electrons. The lowest BCUT2D eigenvalue weighted by atomic mass is 10.0. The van der Waals surface area contributed by atoms with Crippen molar-refractivity contribution in [3.05, 3.63) is 52.1 Å². The number of nitrogens with one attached hydrogen (secondary N) is 1. The lowest BCUT2D eigenvalue weighted by molar-refractivity contribution is -0.137. The van der Waals surface area contributed by atoms with Gasteiger partial charge in [-0.15, -0.1) is 11.3 Å². The average molecular weight is 450 g/mol. The third-order valence-electron chi connectivity index (χ3n) is 5.08. The smallest absolute Gasteiger partial charge is 0.339 e. The van der Waals surface area contributed by atoms with Crippen molar-refractivity contribution in [3.8, 4) is 10.6 Å². The molecule has 1 aliphatic rings. The predicted molar refractivity (Wildman–Crippen MR) is 109 cm³/mol. The Morgan fingerprint density at radius 1 is 1.19 bits per heavy atom. The molecule has 2 heterocycles. The molecule has 1 fully saturated rings. The molecule has 0 spiro atoms. The summed E-state index contributed by atoms with van der Waals surface area (Å²) < 4.78 is 43.8. The number of alkyl halides is 3. The zero-order valence-electron chi connectivity index (χ0n) is 17.2. The van der Waals surface area contributed by atoms with Crippen molar-refractivity contribution in [2.75, 3.05) is 0 Å². The molecule has 1 aromatic carbocycles. The predicted octanol–water partition coefficient (Wildman–Crippen LogP) is 5.52. The van der Waals surface area contributed by atoms with Crippen LogP contribution in [-0.2, 0) is 6.18 Å². The minimum Gasteiger partial charge on any atom is -0.339 e. The lowest BCUT2D eigenvalue weighted by Crippen LogP contribution is -2.32. The second-order valence-corrected chi connectivity index (χ2v) is 8.97. The van der Waals surface area contributed by atoms with Crippen molar-refractivity contribution >= 4 is 17.2 Å². The Hall–Kier alpha value is -2.75. The van der Waals surface area contributed by atoms with Crippen LogP contribution in [0.4, 0.5) is 13.2 Å². The van der Waals surface area contributed by atoms with Gasteiger partial charge in [0.1, 0.15) is 15.9 Å². The Morgan fingerprint density at radius 2 is 1.87 bits per heavy atom. The number of aryl methyl sites for hydroxylation is 1. The van der Waals surface area contributed by atoms with Crippen LogP contribution in [-0.4, -0.2) is 21.0 Å². The summed E-state index contributed by atoms with van der Waals surface area (Å²) in [5, 5.41) is 7.44. The number of halogens is 3. The average Bonchev–Trinajstić information content (AvgIpc) is 3.31. The first-order valence-electron chi connectivity index (χ1n) is 9.93. The Morgan fingerprint density at radius 3 is 2.45 bits per heavy atom. The molecule has 1 amide bonds. The van der Waals surface area contributed by atoms with Crippen molar-refractivity contribution in [3.63, 3.8) is 0 Å². The molecule has 1 N–H and O–H groups in total. The summed E-state index contributed by atoms with van der Waals surface area (Å²) in [4.78, 5) is 22.2. The van der Waals surface area contributed by atoms with Crippen molar-refractivity contribution in [1.29, 1.82) is 0 Å². The second kappa shape index (κ2) is 8.07. The molecular formula is C21H21F3N4O2S. The Bertz CT molecular complexity index is 1080. The van der Waals surface area contributed by atoms with E-state index in [1.165, 1.54) is 12.1 Å². The number of carbonyl (C=O) groups is 1. The number of hydrogen-bond donors (Lipinski definition) is 1. The minimum absolute atomic E-state index is 0.0130. The van der Waals surface area contributed by atoms with Crippen molar-refractivity contribution in [2.45, 2.75) is 51.7 Å². The van der Waals surface area contributed by atoms with E-state index in [1.54, 1.807) is 6.92 Å². The van der Waals surface area contributed by atoms with Gasteiger partial charge >= 0.3 is 6.18 Å². The summed E-state index contributed by atoms with van der Waals surface area (Å²) in [5.74, 6) is 1.07. The van der Waals surface area contributed by atoms with Crippen LogP contribution in [0, 0.1) is 12.8 Å². The van der Waals surface area contributed by atoms with Crippen molar-refractivity contribution in [2.24, 2.45) is 5.92 Å². The largest absolute Gasteiger partial charge is 0.416 e. The molecule has 1 aliphatic carbocycles. The van der Waals surface area contributed by atoms with Crippen LogP contribution in [0.2, 0.25) is 0 Å². The number of aromatic nitrogens is 3. The summed E-state index contributed by atoms with van der Waals surface area (Å²) in [7, 11) is 0. The van der Waals surface area contributed by atoms with Crippen LogP contribution in [0.3, 0.4) is 0 Å². The number of benzene rings is 1. The zero-order chi connectivity index (χ0) is 22.3. The molecule has 0 aliphatic heterocycles. The molecular weight excluding hydrogens is 429 g/mol. The summed E-state index contributed by atoms with van der Waals surface area (Å²) in [6.45, 7) is 5.58. The van der Waals surface area contributed by atoms with Gasteiger partial charge in [0.2, 0.25) is 5.89 Å². The maximum Gasteiger partial charge on any atom is 0.416 e. The number of carbonyl (C=O) groups excluding carboxylic acids is 1. The Labute approximate surface area is 180 Å². The van der Waals surface area contributed by atoms with Gasteiger partial charge in [-0.3, -0.25) is 4.79 Å². The number of nitrogens with zero attached hydrogens (tertiary/aromatic N) is 3. The van der Waals surface area contributed by atoms with Gasteiger partial charge in [0.05, 0.1) is 11.3 Å². The van der Waals surface area contributed by atoms with E-state index in [9.17, 15) is 18.0 Å². The maximum absolute atomic E-state index is 13.0. The Kier molecular flexibility index (Phi) is 5.59. The molecule has 4 rings (SSSR count). The quantitative estimate of drug-likeness (QED) is 0.534. The molecule has 2 aromatic heterocycles. The normalized spacial score (nSPS) is 15.3. The molecule has 1 unspecified atom stereocenters.